The van der Waals surface area contributed by atoms with E-state index in [4.69, 9.17) is 21.4 Å². The van der Waals surface area contributed by atoms with Gasteiger partial charge in [-0.3, -0.25) is 4.79 Å². The van der Waals surface area contributed by atoms with Crippen LogP contribution in [0.1, 0.15) is 26.7 Å². The van der Waals surface area contributed by atoms with Crippen molar-refractivity contribution in [3.05, 3.63) is 29.3 Å². The van der Waals surface area contributed by atoms with Gasteiger partial charge in [0, 0.05) is 0 Å². The highest BCUT2D eigenvalue weighted by Gasteiger charge is 2.20. The average Bonchev–Trinajstić information content (AvgIpc) is 2.39. The molecule has 1 rings (SSSR count). The highest BCUT2D eigenvalue weighted by Crippen LogP contribution is 2.23. The summed E-state index contributed by atoms with van der Waals surface area (Å²) >= 11 is 5.92. The lowest BCUT2D eigenvalue weighted by atomic mass is 10.0. The fourth-order valence-corrected chi connectivity index (χ4v) is 1.97. The molecule has 0 saturated heterocycles. The van der Waals surface area contributed by atoms with E-state index >= 15 is 0 Å². The number of carbonyl (C=O) groups is 2. The van der Waals surface area contributed by atoms with Crippen LogP contribution < -0.4 is 10.1 Å². The van der Waals surface area contributed by atoms with E-state index in [0.29, 0.717) is 17.2 Å². The van der Waals surface area contributed by atoms with E-state index < -0.39 is 12.0 Å². The van der Waals surface area contributed by atoms with E-state index in [1.807, 2.05) is 13.8 Å². The molecule has 5 nitrogen and oxygen atoms in total. The van der Waals surface area contributed by atoms with Crippen molar-refractivity contribution >= 4 is 23.5 Å². The number of amides is 1. The molecule has 1 aromatic carbocycles. The van der Waals surface area contributed by atoms with E-state index in [1.54, 1.807) is 24.3 Å². The SMILES string of the molecule is CC(C)CC(NC(=O)CCOc1ccccc1Cl)C(=O)O. The number of hydrogen-bond donors (Lipinski definition) is 2. The van der Waals surface area contributed by atoms with Gasteiger partial charge in [-0.15, -0.1) is 0 Å². The standard InChI is InChI=1S/C15H20ClNO4/c1-10(2)9-12(15(19)20)17-14(18)7-8-21-13-6-4-3-5-11(13)16/h3-6,10,12H,7-9H2,1-2H3,(H,17,18)(H,19,20). The minimum atomic E-state index is -1.02. The lowest BCUT2D eigenvalue weighted by molar-refractivity contribution is -0.142. The predicted octanol–water partition coefficient (Wildman–Crippen LogP) is 2.72. The Hall–Kier alpha value is -1.75. The maximum atomic E-state index is 11.7. The number of nitrogens with one attached hydrogen (secondary N) is 1. The van der Waals surface area contributed by atoms with Gasteiger partial charge in [-0.2, -0.15) is 0 Å². The summed E-state index contributed by atoms with van der Waals surface area (Å²) in [7, 11) is 0. The van der Waals surface area contributed by atoms with Crippen molar-refractivity contribution < 1.29 is 19.4 Å². The molecule has 1 aromatic rings. The van der Waals surface area contributed by atoms with Crippen molar-refractivity contribution in [3.63, 3.8) is 0 Å². The number of carboxylic acid groups (broad SMARTS) is 1. The second kappa shape index (κ2) is 8.52. The predicted molar refractivity (Wildman–Crippen MR) is 80.6 cm³/mol. The molecular weight excluding hydrogens is 294 g/mol. The minimum Gasteiger partial charge on any atom is -0.491 e. The molecule has 0 saturated carbocycles. The van der Waals surface area contributed by atoms with Gasteiger partial charge in [0.25, 0.3) is 0 Å². The minimum absolute atomic E-state index is 0.0765. The fraction of sp³-hybridized carbons (Fsp3) is 0.467. The van der Waals surface area contributed by atoms with Crippen molar-refractivity contribution in [2.24, 2.45) is 5.92 Å². The Labute approximate surface area is 129 Å². The lowest BCUT2D eigenvalue weighted by Gasteiger charge is -2.16. The highest BCUT2D eigenvalue weighted by molar-refractivity contribution is 6.32. The Morgan fingerprint density at radius 2 is 2.00 bits per heavy atom. The molecule has 6 heteroatoms. The van der Waals surface area contributed by atoms with Crippen molar-refractivity contribution in [1.29, 1.82) is 0 Å². The van der Waals surface area contributed by atoms with Gasteiger partial charge in [0.1, 0.15) is 11.8 Å². The van der Waals surface area contributed by atoms with E-state index in [0.717, 1.165) is 0 Å². The molecule has 0 aromatic heterocycles. The van der Waals surface area contributed by atoms with Gasteiger partial charge < -0.3 is 15.2 Å². The Morgan fingerprint density at radius 3 is 2.57 bits per heavy atom. The molecule has 0 aliphatic carbocycles. The topological polar surface area (TPSA) is 75.6 Å². The molecule has 21 heavy (non-hydrogen) atoms. The molecule has 0 fully saturated rings. The highest BCUT2D eigenvalue weighted by atomic mass is 35.5. The number of carbonyl (C=O) groups excluding carboxylic acids is 1. The first-order chi connectivity index (χ1) is 9.90. The van der Waals surface area contributed by atoms with Gasteiger partial charge >= 0.3 is 5.97 Å². The molecule has 1 unspecified atom stereocenters. The van der Waals surface area contributed by atoms with Crippen molar-refractivity contribution in [2.75, 3.05) is 6.61 Å². The van der Waals surface area contributed by atoms with Crippen molar-refractivity contribution in [3.8, 4) is 5.75 Å². The van der Waals surface area contributed by atoms with E-state index in [2.05, 4.69) is 5.32 Å². The molecule has 0 heterocycles. The molecule has 0 aliphatic rings. The fourth-order valence-electron chi connectivity index (χ4n) is 1.77. The normalized spacial score (nSPS) is 12.0. The maximum Gasteiger partial charge on any atom is 0.326 e. The number of carboxylic acids is 1. The van der Waals surface area contributed by atoms with Crippen LogP contribution in [0.3, 0.4) is 0 Å². The molecule has 0 radical (unpaired) electrons. The summed E-state index contributed by atoms with van der Waals surface area (Å²) in [5.74, 6) is -0.686. The first-order valence-electron chi connectivity index (χ1n) is 6.79. The number of hydrogen-bond acceptors (Lipinski definition) is 3. The monoisotopic (exact) mass is 313 g/mol. The quantitative estimate of drug-likeness (QED) is 0.773. The summed E-state index contributed by atoms with van der Waals surface area (Å²) in [4.78, 5) is 22.8. The zero-order chi connectivity index (χ0) is 15.8. The van der Waals surface area contributed by atoms with Gasteiger partial charge in [-0.1, -0.05) is 37.6 Å². The van der Waals surface area contributed by atoms with Crippen LogP contribution in [0.25, 0.3) is 0 Å². The third-order valence-corrected chi connectivity index (χ3v) is 3.08. The van der Waals surface area contributed by atoms with Crippen LogP contribution in [0.2, 0.25) is 5.02 Å². The molecule has 1 atom stereocenters. The van der Waals surface area contributed by atoms with E-state index in [1.165, 1.54) is 0 Å². The zero-order valence-corrected chi connectivity index (χ0v) is 12.9. The number of aliphatic carboxylic acids is 1. The van der Waals surface area contributed by atoms with Crippen LogP contribution in [0.15, 0.2) is 24.3 Å². The average molecular weight is 314 g/mol. The Kier molecular flexibility index (Phi) is 7.02. The molecule has 0 bridgehead atoms. The second-order valence-corrected chi connectivity index (χ2v) is 5.52. The summed E-state index contributed by atoms with van der Waals surface area (Å²) in [6.07, 6.45) is 0.472. The molecule has 0 spiro atoms. The Morgan fingerprint density at radius 1 is 1.33 bits per heavy atom. The van der Waals surface area contributed by atoms with Gasteiger partial charge in [0.15, 0.2) is 0 Å². The number of ether oxygens (including phenoxy) is 1. The zero-order valence-electron chi connectivity index (χ0n) is 12.1. The number of rotatable bonds is 8. The number of benzene rings is 1. The Balaban J connectivity index is 2.39. The molecule has 1 amide bonds. The van der Waals surface area contributed by atoms with Crippen LogP contribution in [0.5, 0.6) is 5.75 Å². The molecule has 2 N–H and O–H groups in total. The van der Waals surface area contributed by atoms with Gasteiger partial charge in [-0.25, -0.2) is 4.79 Å². The summed E-state index contributed by atoms with van der Waals surface area (Å²) < 4.78 is 5.39. The van der Waals surface area contributed by atoms with Crippen molar-refractivity contribution in [2.45, 2.75) is 32.7 Å². The van der Waals surface area contributed by atoms with Crippen molar-refractivity contribution in [1.82, 2.24) is 5.32 Å². The first kappa shape index (κ1) is 17.3. The molecule has 0 aliphatic heterocycles. The van der Waals surface area contributed by atoms with Gasteiger partial charge in [0.05, 0.1) is 18.1 Å². The summed E-state index contributed by atoms with van der Waals surface area (Å²) in [5, 5.41) is 12.0. The third kappa shape index (κ3) is 6.49. The van der Waals surface area contributed by atoms with E-state index in [9.17, 15) is 9.59 Å². The van der Waals surface area contributed by atoms with Gasteiger partial charge in [0.2, 0.25) is 5.91 Å². The Bertz CT molecular complexity index is 490. The van der Waals surface area contributed by atoms with Gasteiger partial charge in [-0.05, 0) is 24.5 Å². The van der Waals surface area contributed by atoms with Crippen LogP contribution in [0.4, 0.5) is 0 Å². The van der Waals surface area contributed by atoms with E-state index in [-0.39, 0.29) is 24.9 Å². The maximum absolute atomic E-state index is 11.7. The summed E-state index contributed by atoms with van der Waals surface area (Å²) in [6, 6.07) is 6.10. The lowest BCUT2D eigenvalue weighted by Crippen LogP contribution is -2.42. The summed E-state index contributed by atoms with van der Waals surface area (Å²) in [5.41, 5.74) is 0. The third-order valence-electron chi connectivity index (χ3n) is 2.76. The van der Waals surface area contributed by atoms with Crippen LogP contribution in [-0.2, 0) is 9.59 Å². The summed E-state index contributed by atoms with van der Waals surface area (Å²) in [6.45, 7) is 3.95. The smallest absolute Gasteiger partial charge is 0.326 e. The molecule has 116 valence electrons. The first-order valence-corrected chi connectivity index (χ1v) is 7.17. The number of para-hydroxylation sites is 1. The van der Waals surface area contributed by atoms with Crippen LogP contribution >= 0.6 is 11.6 Å². The largest absolute Gasteiger partial charge is 0.491 e. The van der Waals surface area contributed by atoms with Crippen LogP contribution in [0, 0.1) is 5.92 Å². The van der Waals surface area contributed by atoms with Crippen LogP contribution in [-0.4, -0.2) is 29.6 Å². The second-order valence-electron chi connectivity index (χ2n) is 5.12. The molecular formula is C15H20ClNO4. The number of halogens is 1.